The van der Waals surface area contributed by atoms with Crippen molar-refractivity contribution in [3.8, 4) is 0 Å². The Hall–Kier alpha value is -3.13. The molecular weight excluding hydrogens is 344 g/mol. The van der Waals surface area contributed by atoms with Crippen molar-refractivity contribution in [2.24, 2.45) is 5.41 Å². The van der Waals surface area contributed by atoms with E-state index in [1.165, 1.54) is 33.4 Å². The summed E-state index contributed by atoms with van der Waals surface area (Å²) >= 11 is 0. The van der Waals surface area contributed by atoms with E-state index in [0.717, 1.165) is 25.7 Å². The van der Waals surface area contributed by atoms with E-state index in [2.05, 4.69) is 54.6 Å². The van der Waals surface area contributed by atoms with Gasteiger partial charge in [-0.15, -0.1) is 0 Å². The maximum atomic E-state index is 11.2. The SMILES string of the molecule is O=C(O)c1ccc(CC2(C3=Cc4ccccc4C3)Cc3ccccc3C2)cc1. The Morgan fingerprint density at radius 2 is 1.43 bits per heavy atom. The van der Waals surface area contributed by atoms with E-state index in [-0.39, 0.29) is 5.41 Å². The van der Waals surface area contributed by atoms with Crippen LogP contribution in [0.3, 0.4) is 0 Å². The van der Waals surface area contributed by atoms with Gasteiger partial charge in [0.05, 0.1) is 5.56 Å². The fraction of sp³-hybridized carbons (Fsp3) is 0.192. The molecule has 2 heteroatoms. The molecule has 0 bridgehead atoms. The van der Waals surface area contributed by atoms with E-state index in [9.17, 15) is 9.90 Å². The third-order valence-electron chi connectivity index (χ3n) is 6.37. The molecule has 0 saturated heterocycles. The minimum atomic E-state index is -0.872. The van der Waals surface area contributed by atoms with Crippen LogP contribution in [-0.2, 0) is 25.7 Å². The largest absolute Gasteiger partial charge is 0.478 e. The van der Waals surface area contributed by atoms with Crippen LogP contribution in [0.1, 0.15) is 38.2 Å². The molecule has 2 aliphatic carbocycles. The number of fused-ring (bicyclic) bond motifs is 2. The molecule has 0 amide bonds. The van der Waals surface area contributed by atoms with Crippen LogP contribution in [0.25, 0.3) is 6.08 Å². The zero-order valence-electron chi connectivity index (χ0n) is 15.7. The summed E-state index contributed by atoms with van der Waals surface area (Å²) in [6.45, 7) is 0. The van der Waals surface area contributed by atoms with Crippen LogP contribution in [0.2, 0.25) is 0 Å². The Balaban J connectivity index is 1.53. The Bertz CT molecular complexity index is 1060. The van der Waals surface area contributed by atoms with Crippen molar-refractivity contribution in [2.45, 2.75) is 25.7 Å². The van der Waals surface area contributed by atoms with Gasteiger partial charge in [-0.25, -0.2) is 4.79 Å². The highest BCUT2D eigenvalue weighted by Gasteiger charge is 2.41. The smallest absolute Gasteiger partial charge is 0.335 e. The van der Waals surface area contributed by atoms with Crippen molar-refractivity contribution >= 4 is 12.0 Å². The summed E-state index contributed by atoms with van der Waals surface area (Å²) in [5, 5.41) is 9.19. The zero-order valence-corrected chi connectivity index (χ0v) is 15.7. The quantitative estimate of drug-likeness (QED) is 0.676. The van der Waals surface area contributed by atoms with Crippen LogP contribution >= 0.6 is 0 Å². The summed E-state index contributed by atoms with van der Waals surface area (Å²) in [5.74, 6) is -0.872. The molecule has 0 aliphatic heterocycles. The molecule has 3 aromatic carbocycles. The number of carboxylic acids is 1. The van der Waals surface area contributed by atoms with Crippen molar-refractivity contribution in [3.05, 3.63) is 112 Å². The second-order valence-electron chi connectivity index (χ2n) is 8.13. The fourth-order valence-corrected chi connectivity index (χ4v) is 4.94. The molecule has 1 N–H and O–H groups in total. The first-order chi connectivity index (χ1) is 13.6. The van der Waals surface area contributed by atoms with Crippen molar-refractivity contribution in [3.63, 3.8) is 0 Å². The third kappa shape index (κ3) is 2.86. The minimum Gasteiger partial charge on any atom is -0.478 e. The first-order valence-corrected chi connectivity index (χ1v) is 9.81. The molecule has 0 radical (unpaired) electrons. The Kier molecular flexibility index (Phi) is 3.94. The molecular formula is C26H22O2. The molecule has 0 aromatic heterocycles. The van der Waals surface area contributed by atoms with E-state index in [0.29, 0.717) is 5.56 Å². The van der Waals surface area contributed by atoms with Gasteiger partial charge in [0.25, 0.3) is 0 Å². The highest BCUT2D eigenvalue weighted by atomic mass is 16.4. The van der Waals surface area contributed by atoms with E-state index < -0.39 is 5.97 Å². The number of carboxylic acid groups (broad SMARTS) is 1. The fourth-order valence-electron chi connectivity index (χ4n) is 4.94. The van der Waals surface area contributed by atoms with E-state index in [1.807, 2.05) is 12.1 Å². The highest BCUT2D eigenvalue weighted by Crippen LogP contribution is 2.48. The lowest BCUT2D eigenvalue weighted by atomic mass is 9.72. The number of aromatic carboxylic acids is 1. The third-order valence-corrected chi connectivity index (χ3v) is 6.37. The van der Waals surface area contributed by atoms with Crippen molar-refractivity contribution in [1.29, 1.82) is 0 Å². The molecule has 3 aromatic rings. The summed E-state index contributed by atoms with van der Waals surface area (Å²) < 4.78 is 0. The van der Waals surface area contributed by atoms with Gasteiger partial charge in [0.15, 0.2) is 0 Å². The number of rotatable bonds is 4. The standard InChI is InChI=1S/C26H22O2/c27-25(28)19-11-9-18(10-12-19)15-26(16-22-7-3-4-8-23(22)17-26)24-13-20-5-1-2-6-21(20)14-24/h1-13H,14-17H2,(H,27,28). The van der Waals surface area contributed by atoms with E-state index in [4.69, 9.17) is 0 Å². The number of carbonyl (C=O) groups is 1. The summed E-state index contributed by atoms with van der Waals surface area (Å²) in [6.07, 6.45) is 6.43. The van der Waals surface area contributed by atoms with Crippen LogP contribution in [0, 0.1) is 5.41 Å². The number of hydrogen-bond acceptors (Lipinski definition) is 1. The second-order valence-corrected chi connectivity index (χ2v) is 8.13. The van der Waals surface area contributed by atoms with Crippen molar-refractivity contribution in [1.82, 2.24) is 0 Å². The van der Waals surface area contributed by atoms with Gasteiger partial charge < -0.3 is 5.11 Å². The van der Waals surface area contributed by atoms with Gasteiger partial charge >= 0.3 is 5.97 Å². The van der Waals surface area contributed by atoms with Gasteiger partial charge in [-0.2, -0.15) is 0 Å². The monoisotopic (exact) mass is 366 g/mol. The average molecular weight is 366 g/mol. The first kappa shape index (κ1) is 17.0. The molecule has 5 rings (SSSR count). The van der Waals surface area contributed by atoms with Crippen LogP contribution < -0.4 is 0 Å². The lowest BCUT2D eigenvalue weighted by Gasteiger charge is -2.31. The number of benzene rings is 3. The van der Waals surface area contributed by atoms with Gasteiger partial charge in [0, 0.05) is 5.41 Å². The Morgan fingerprint density at radius 1 is 0.821 bits per heavy atom. The van der Waals surface area contributed by atoms with Crippen LogP contribution in [0.5, 0.6) is 0 Å². The molecule has 28 heavy (non-hydrogen) atoms. The molecule has 0 atom stereocenters. The normalized spacial score (nSPS) is 16.4. The van der Waals surface area contributed by atoms with Gasteiger partial charge in [-0.05, 0) is 65.6 Å². The molecule has 0 unspecified atom stereocenters. The zero-order chi connectivity index (χ0) is 19.1. The molecule has 2 nitrogen and oxygen atoms in total. The average Bonchev–Trinajstić information content (AvgIpc) is 3.30. The summed E-state index contributed by atoms with van der Waals surface area (Å²) in [4.78, 5) is 11.2. The van der Waals surface area contributed by atoms with Gasteiger partial charge in [0.1, 0.15) is 0 Å². The maximum absolute atomic E-state index is 11.2. The van der Waals surface area contributed by atoms with Gasteiger partial charge in [0.2, 0.25) is 0 Å². The van der Waals surface area contributed by atoms with Gasteiger partial charge in [-0.1, -0.05) is 72.3 Å². The molecule has 0 fully saturated rings. The molecule has 0 heterocycles. The lowest BCUT2D eigenvalue weighted by Crippen LogP contribution is -2.27. The van der Waals surface area contributed by atoms with Gasteiger partial charge in [-0.3, -0.25) is 0 Å². The topological polar surface area (TPSA) is 37.3 Å². The molecule has 0 saturated carbocycles. The van der Waals surface area contributed by atoms with Crippen molar-refractivity contribution in [2.75, 3.05) is 0 Å². The minimum absolute atomic E-state index is 0.0629. The Morgan fingerprint density at radius 3 is 2.04 bits per heavy atom. The lowest BCUT2D eigenvalue weighted by molar-refractivity contribution is 0.0697. The van der Waals surface area contributed by atoms with Crippen LogP contribution in [0.15, 0.2) is 78.4 Å². The van der Waals surface area contributed by atoms with Crippen molar-refractivity contribution < 1.29 is 9.90 Å². The van der Waals surface area contributed by atoms with Crippen LogP contribution in [0.4, 0.5) is 0 Å². The second kappa shape index (κ2) is 6.49. The molecule has 138 valence electrons. The highest BCUT2D eigenvalue weighted by molar-refractivity contribution is 5.87. The summed E-state index contributed by atoms with van der Waals surface area (Å²) in [6, 6.07) is 24.9. The predicted octanol–water partition coefficient (Wildman–Crippen LogP) is 5.35. The van der Waals surface area contributed by atoms with E-state index >= 15 is 0 Å². The van der Waals surface area contributed by atoms with E-state index in [1.54, 1.807) is 12.1 Å². The molecule has 0 spiro atoms. The summed E-state index contributed by atoms with van der Waals surface area (Å²) in [7, 11) is 0. The predicted molar refractivity (Wildman–Crippen MR) is 112 cm³/mol. The number of allylic oxidation sites excluding steroid dienone is 1. The maximum Gasteiger partial charge on any atom is 0.335 e. The molecule has 2 aliphatic rings. The Labute approximate surface area is 165 Å². The summed E-state index contributed by atoms with van der Waals surface area (Å²) in [5.41, 5.74) is 8.76. The number of hydrogen-bond donors (Lipinski definition) is 1. The van der Waals surface area contributed by atoms with Crippen LogP contribution in [-0.4, -0.2) is 11.1 Å². The first-order valence-electron chi connectivity index (χ1n) is 9.81.